The van der Waals surface area contributed by atoms with E-state index in [0.717, 1.165) is 45.7 Å². The maximum absolute atomic E-state index is 12.7. The van der Waals surface area contributed by atoms with Crippen molar-refractivity contribution in [3.05, 3.63) is 65.3 Å². The summed E-state index contributed by atoms with van der Waals surface area (Å²) < 4.78 is 14.0. The molecule has 1 amide bonds. The van der Waals surface area contributed by atoms with E-state index in [1.165, 1.54) is 0 Å². The van der Waals surface area contributed by atoms with Crippen LogP contribution in [0.25, 0.3) is 16.6 Å². The average Bonchev–Trinajstić information content (AvgIpc) is 3.32. The van der Waals surface area contributed by atoms with E-state index in [1.807, 2.05) is 35.2 Å². The summed E-state index contributed by atoms with van der Waals surface area (Å²) >= 11 is 3.55. The number of hydrogen-bond acceptors (Lipinski definition) is 5. The minimum absolute atomic E-state index is 0.0105. The molecule has 0 bridgehead atoms. The van der Waals surface area contributed by atoms with Crippen LogP contribution in [0.5, 0.6) is 11.5 Å². The highest BCUT2D eigenvalue weighted by molar-refractivity contribution is 9.10. The lowest BCUT2D eigenvalue weighted by Crippen LogP contribution is -2.50. The van der Waals surface area contributed by atoms with Gasteiger partial charge in [-0.05, 0) is 54.6 Å². The Labute approximate surface area is 194 Å². The lowest BCUT2D eigenvalue weighted by atomic mass is 10.2. The lowest BCUT2D eigenvalue weighted by Gasteiger charge is -2.35. The number of aromatic nitrogens is 2. The molecule has 2 aromatic carbocycles. The Balaban J connectivity index is 1.26. The van der Waals surface area contributed by atoms with Gasteiger partial charge < -0.3 is 23.7 Å². The first-order valence-corrected chi connectivity index (χ1v) is 11.3. The maximum Gasteiger partial charge on any atom is 0.260 e. The molecule has 0 spiro atoms. The van der Waals surface area contributed by atoms with Gasteiger partial charge >= 0.3 is 0 Å². The lowest BCUT2D eigenvalue weighted by molar-refractivity contribution is -0.133. The zero-order valence-corrected chi connectivity index (χ0v) is 19.3. The largest absolute Gasteiger partial charge is 0.497 e. The number of amides is 1. The van der Waals surface area contributed by atoms with Gasteiger partial charge in [0.15, 0.2) is 12.4 Å². The Bertz CT molecular complexity index is 1260. The average molecular weight is 495 g/mol. The van der Waals surface area contributed by atoms with Crippen molar-refractivity contribution in [2.24, 2.45) is 0 Å². The predicted octanol–water partition coefficient (Wildman–Crippen LogP) is 3.99. The molecule has 32 heavy (non-hydrogen) atoms. The van der Waals surface area contributed by atoms with Gasteiger partial charge in [-0.15, -0.1) is 0 Å². The van der Waals surface area contributed by atoms with Gasteiger partial charge in [0.25, 0.3) is 5.91 Å². The van der Waals surface area contributed by atoms with Crippen molar-refractivity contribution < 1.29 is 14.3 Å². The molecule has 7 nitrogen and oxygen atoms in total. The topological polar surface area (TPSA) is 59.3 Å². The summed E-state index contributed by atoms with van der Waals surface area (Å²) in [7, 11) is 1.62. The number of benzene rings is 2. The number of rotatable bonds is 5. The van der Waals surface area contributed by atoms with Crippen LogP contribution in [0, 0.1) is 0 Å². The number of halogens is 1. The molecule has 1 aliphatic rings. The van der Waals surface area contributed by atoms with Crippen LogP contribution in [0.2, 0.25) is 0 Å². The van der Waals surface area contributed by atoms with Crippen LogP contribution in [0.15, 0.2) is 65.3 Å². The van der Waals surface area contributed by atoms with Crippen molar-refractivity contribution in [1.82, 2.24) is 14.3 Å². The number of anilines is 1. The third kappa shape index (κ3) is 3.98. The number of nitrogens with zero attached hydrogens (tertiary/aromatic N) is 4. The van der Waals surface area contributed by atoms with Gasteiger partial charge in [-0.25, -0.2) is 4.98 Å². The molecule has 8 heteroatoms. The van der Waals surface area contributed by atoms with E-state index >= 15 is 0 Å². The number of carbonyl (C=O) groups is 1. The Morgan fingerprint density at radius 2 is 1.75 bits per heavy atom. The van der Waals surface area contributed by atoms with Crippen LogP contribution < -0.4 is 14.4 Å². The molecule has 2 aromatic heterocycles. The first-order chi connectivity index (χ1) is 15.6. The Morgan fingerprint density at radius 3 is 2.50 bits per heavy atom. The number of ether oxygens (including phenoxy) is 2. The molecule has 3 heterocycles. The molecule has 1 aliphatic heterocycles. The van der Waals surface area contributed by atoms with Crippen molar-refractivity contribution in [3.63, 3.8) is 0 Å². The summed E-state index contributed by atoms with van der Waals surface area (Å²) in [5, 5.41) is 0. The molecule has 0 atom stereocenters. The van der Waals surface area contributed by atoms with Crippen molar-refractivity contribution >= 4 is 44.2 Å². The highest BCUT2D eigenvalue weighted by Crippen LogP contribution is 2.28. The highest BCUT2D eigenvalue weighted by atomic mass is 79.9. The Hall–Kier alpha value is -3.26. The van der Waals surface area contributed by atoms with Crippen LogP contribution in [0.1, 0.15) is 0 Å². The smallest absolute Gasteiger partial charge is 0.260 e. The molecule has 1 fully saturated rings. The third-order valence-electron chi connectivity index (χ3n) is 5.75. The SMILES string of the molecule is COc1ccc(OCC(=O)N2CCN(c3nc4cc(Br)ccc4n4cccc34)CC2)cc1. The van der Waals surface area contributed by atoms with Gasteiger partial charge in [-0.3, -0.25) is 4.79 Å². The Kier molecular flexibility index (Phi) is 5.61. The van der Waals surface area contributed by atoms with Crippen molar-refractivity contribution in [2.45, 2.75) is 0 Å². The summed E-state index contributed by atoms with van der Waals surface area (Å²) in [6, 6.07) is 17.5. The number of piperazine rings is 1. The number of fused-ring (bicyclic) bond motifs is 3. The fourth-order valence-electron chi connectivity index (χ4n) is 4.04. The molecule has 1 saturated heterocycles. The van der Waals surface area contributed by atoms with Crippen LogP contribution in [-0.4, -0.2) is 60.1 Å². The fourth-order valence-corrected chi connectivity index (χ4v) is 4.39. The molecule has 0 aliphatic carbocycles. The van der Waals surface area contributed by atoms with E-state index < -0.39 is 0 Å². The van der Waals surface area contributed by atoms with Gasteiger partial charge in [0.2, 0.25) is 0 Å². The van der Waals surface area contributed by atoms with Crippen LogP contribution >= 0.6 is 15.9 Å². The number of hydrogen-bond donors (Lipinski definition) is 0. The second kappa shape index (κ2) is 8.70. The van der Waals surface area contributed by atoms with Crippen LogP contribution in [0.4, 0.5) is 5.82 Å². The van der Waals surface area contributed by atoms with Crippen molar-refractivity contribution in [1.29, 1.82) is 0 Å². The van der Waals surface area contributed by atoms with Crippen LogP contribution in [-0.2, 0) is 4.79 Å². The molecular formula is C24H23BrN4O3. The summed E-state index contributed by atoms with van der Waals surface area (Å²) in [6.45, 7) is 2.74. The van der Waals surface area contributed by atoms with E-state index in [4.69, 9.17) is 14.5 Å². The summed E-state index contributed by atoms with van der Waals surface area (Å²) in [4.78, 5) is 21.7. The van der Waals surface area contributed by atoms with E-state index in [0.29, 0.717) is 18.8 Å². The number of carbonyl (C=O) groups excluding carboxylic acids is 1. The quantitative estimate of drug-likeness (QED) is 0.419. The third-order valence-corrected chi connectivity index (χ3v) is 6.25. The first kappa shape index (κ1) is 20.6. The van der Waals surface area contributed by atoms with E-state index in [9.17, 15) is 4.79 Å². The monoisotopic (exact) mass is 494 g/mol. The molecule has 4 aromatic rings. The standard InChI is InChI=1S/C24H23BrN4O3/c1-31-18-5-7-19(8-6-18)32-16-23(30)27-11-13-28(14-12-27)24-22-3-2-10-29(22)21-9-4-17(25)15-20(21)26-24/h2-10,15H,11-14,16H2,1H3. The van der Waals surface area contributed by atoms with E-state index in [1.54, 1.807) is 19.2 Å². The zero-order valence-electron chi connectivity index (χ0n) is 17.7. The van der Waals surface area contributed by atoms with E-state index in [-0.39, 0.29) is 12.5 Å². The van der Waals surface area contributed by atoms with Gasteiger partial charge in [0.1, 0.15) is 11.5 Å². The van der Waals surface area contributed by atoms with Crippen molar-refractivity contribution in [3.8, 4) is 11.5 Å². The van der Waals surface area contributed by atoms with Gasteiger partial charge in [-0.1, -0.05) is 15.9 Å². The molecule has 0 N–H and O–H groups in total. The fraction of sp³-hybridized carbons (Fsp3) is 0.250. The van der Waals surface area contributed by atoms with Gasteiger partial charge in [0.05, 0.1) is 23.7 Å². The van der Waals surface area contributed by atoms with E-state index in [2.05, 4.69) is 43.6 Å². The van der Waals surface area contributed by atoms with Crippen molar-refractivity contribution in [2.75, 3.05) is 44.8 Å². The van der Waals surface area contributed by atoms with Gasteiger partial charge in [-0.2, -0.15) is 0 Å². The second-order valence-corrected chi connectivity index (χ2v) is 8.58. The molecule has 0 unspecified atom stereocenters. The zero-order chi connectivity index (χ0) is 22.1. The molecular weight excluding hydrogens is 472 g/mol. The molecule has 0 saturated carbocycles. The number of methoxy groups -OCH3 is 1. The summed E-state index contributed by atoms with van der Waals surface area (Å²) in [5.74, 6) is 2.34. The summed E-state index contributed by atoms with van der Waals surface area (Å²) in [6.07, 6.45) is 2.06. The maximum atomic E-state index is 12.7. The normalized spacial score (nSPS) is 14.2. The highest BCUT2D eigenvalue weighted by Gasteiger charge is 2.24. The van der Waals surface area contributed by atoms with Gasteiger partial charge in [0, 0.05) is 36.8 Å². The Morgan fingerprint density at radius 1 is 1.00 bits per heavy atom. The minimum atomic E-state index is -0.0105. The van der Waals surface area contributed by atoms with Crippen LogP contribution in [0.3, 0.4) is 0 Å². The minimum Gasteiger partial charge on any atom is -0.497 e. The first-order valence-electron chi connectivity index (χ1n) is 10.5. The molecule has 164 valence electrons. The predicted molar refractivity (Wildman–Crippen MR) is 128 cm³/mol. The second-order valence-electron chi connectivity index (χ2n) is 7.66. The molecule has 5 rings (SSSR count). The summed E-state index contributed by atoms with van der Waals surface area (Å²) in [5.41, 5.74) is 3.08. The molecule has 0 radical (unpaired) electrons.